The van der Waals surface area contributed by atoms with Crippen LogP contribution in [0.4, 0.5) is 0 Å². The molecule has 0 radical (unpaired) electrons. The zero-order valence-electron chi connectivity index (χ0n) is 13.6. The van der Waals surface area contributed by atoms with Crippen LogP contribution in [0.5, 0.6) is 0 Å². The molecule has 114 valence electrons. The van der Waals surface area contributed by atoms with Crippen LogP contribution in [0.25, 0.3) is 0 Å². The van der Waals surface area contributed by atoms with E-state index in [1.807, 2.05) is 19.2 Å². The highest BCUT2D eigenvalue weighted by Gasteiger charge is 2.32. The van der Waals surface area contributed by atoms with Gasteiger partial charge in [-0.15, -0.1) is 0 Å². The van der Waals surface area contributed by atoms with E-state index in [1.54, 1.807) is 0 Å². The molecule has 0 aliphatic carbocycles. The molecule has 0 fully saturated rings. The number of nitrogens with zero attached hydrogens (tertiary/aromatic N) is 2. The monoisotopic (exact) mass is 279 g/mol. The summed E-state index contributed by atoms with van der Waals surface area (Å²) in [5.41, 5.74) is 0.685. The lowest BCUT2D eigenvalue weighted by atomic mass is 9.95. The Morgan fingerprint density at radius 2 is 1.95 bits per heavy atom. The van der Waals surface area contributed by atoms with Crippen LogP contribution in [0.15, 0.2) is 12.3 Å². The predicted octanol–water partition coefficient (Wildman–Crippen LogP) is 3.27. The SMILES string of the molecule is CCOC(CC)(CC)c1nccc(CNCC(C)C)n1. The Hall–Kier alpha value is -1.00. The Morgan fingerprint density at radius 1 is 1.25 bits per heavy atom. The van der Waals surface area contributed by atoms with Crippen LogP contribution < -0.4 is 5.32 Å². The molecule has 0 unspecified atom stereocenters. The van der Waals surface area contributed by atoms with E-state index in [9.17, 15) is 0 Å². The Kier molecular flexibility index (Phi) is 7.10. The average molecular weight is 279 g/mol. The lowest BCUT2D eigenvalue weighted by Crippen LogP contribution is -2.31. The van der Waals surface area contributed by atoms with Crippen molar-refractivity contribution in [2.75, 3.05) is 13.2 Å². The summed E-state index contributed by atoms with van der Waals surface area (Å²) in [6, 6.07) is 1.97. The Labute approximate surface area is 123 Å². The number of nitrogens with one attached hydrogen (secondary N) is 1. The molecule has 0 amide bonds. The van der Waals surface area contributed by atoms with Crippen molar-refractivity contribution in [1.29, 1.82) is 0 Å². The van der Waals surface area contributed by atoms with Gasteiger partial charge in [0.15, 0.2) is 5.82 Å². The minimum atomic E-state index is -0.344. The molecule has 0 saturated carbocycles. The van der Waals surface area contributed by atoms with Gasteiger partial charge in [0, 0.05) is 19.3 Å². The Morgan fingerprint density at radius 3 is 2.50 bits per heavy atom. The first-order chi connectivity index (χ1) is 9.57. The van der Waals surface area contributed by atoms with Gasteiger partial charge < -0.3 is 10.1 Å². The van der Waals surface area contributed by atoms with Gasteiger partial charge in [0.05, 0.1) is 5.69 Å². The summed E-state index contributed by atoms with van der Waals surface area (Å²) < 4.78 is 5.97. The Bertz CT molecular complexity index is 389. The highest BCUT2D eigenvalue weighted by molar-refractivity contribution is 5.08. The van der Waals surface area contributed by atoms with Gasteiger partial charge in [0.2, 0.25) is 0 Å². The third kappa shape index (κ3) is 4.53. The van der Waals surface area contributed by atoms with Gasteiger partial charge in [-0.2, -0.15) is 0 Å². The van der Waals surface area contributed by atoms with Crippen LogP contribution in [-0.2, 0) is 16.9 Å². The van der Waals surface area contributed by atoms with Crippen molar-refractivity contribution >= 4 is 0 Å². The third-order valence-electron chi connectivity index (χ3n) is 3.54. The maximum absolute atomic E-state index is 5.97. The molecule has 4 heteroatoms. The molecule has 0 aromatic carbocycles. The smallest absolute Gasteiger partial charge is 0.160 e. The van der Waals surface area contributed by atoms with Gasteiger partial charge in [-0.05, 0) is 38.3 Å². The van der Waals surface area contributed by atoms with Crippen LogP contribution >= 0.6 is 0 Å². The molecule has 0 atom stereocenters. The molecule has 1 aromatic heterocycles. The molecule has 20 heavy (non-hydrogen) atoms. The lowest BCUT2D eigenvalue weighted by molar-refractivity contribution is -0.0573. The quantitative estimate of drug-likeness (QED) is 0.753. The predicted molar refractivity (Wildman–Crippen MR) is 82.5 cm³/mol. The summed E-state index contributed by atoms with van der Waals surface area (Å²) in [7, 11) is 0. The average Bonchev–Trinajstić information content (AvgIpc) is 2.45. The first-order valence-electron chi connectivity index (χ1n) is 7.75. The standard InChI is InChI=1S/C16H29N3O/c1-6-16(7-2,20-8-3)15-18-10-9-14(19-15)12-17-11-13(4)5/h9-10,13,17H,6-8,11-12H2,1-5H3. The molecule has 1 N–H and O–H groups in total. The van der Waals surface area contributed by atoms with Crippen molar-refractivity contribution in [3.05, 3.63) is 23.8 Å². The highest BCUT2D eigenvalue weighted by atomic mass is 16.5. The van der Waals surface area contributed by atoms with Crippen LogP contribution in [0.2, 0.25) is 0 Å². The van der Waals surface area contributed by atoms with Gasteiger partial charge >= 0.3 is 0 Å². The van der Waals surface area contributed by atoms with Crippen LogP contribution in [0, 0.1) is 5.92 Å². The zero-order valence-corrected chi connectivity index (χ0v) is 13.6. The second-order valence-electron chi connectivity index (χ2n) is 5.53. The Balaban J connectivity index is 2.84. The van der Waals surface area contributed by atoms with Crippen LogP contribution in [0.3, 0.4) is 0 Å². The van der Waals surface area contributed by atoms with E-state index in [0.29, 0.717) is 12.5 Å². The van der Waals surface area contributed by atoms with Crippen molar-refractivity contribution in [1.82, 2.24) is 15.3 Å². The maximum Gasteiger partial charge on any atom is 0.160 e. The van der Waals surface area contributed by atoms with E-state index in [1.165, 1.54) is 0 Å². The van der Waals surface area contributed by atoms with Crippen molar-refractivity contribution in [2.24, 2.45) is 5.92 Å². The number of rotatable bonds is 9. The first-order valence-corrected chi connectivity index (χ1v) is 7.75. The molecule has 0 bridgehead atoms. The normalized spacial score (nSPS) is 12.1. The molecular formula is C16H29N3O. The van der Waals surface area contributed by atoms with E-state index in [0.717, 1.165) is 37.4 Å². The lowest BCUT2D eigenvalue weighted by Gasteiger charge is -2.30. The molecular weight excluding hydrogens is 250 g/mol. The number of hydrogen-bond acceptors (Lipinski definition) is 4. The largest absolute Gasteiger partial charge is 0.367 e. The fourth-order valence-corrected chi connectivity index (χ4v) is 2.31. The molecule has 0 aliphatic rings. The van der Waals surface area contributed by atoms with Gasteiger partial charge in [0.25, 0.3) is 0 Å². The summed E-state index contributed by atoms with van der Waals surface area (Å²) in [6.07, 6.45) is 3.62. The van der Waals surface area contributed by atoms with E-state index >= 15 is 0 Å². The molecule has 0 spiro atoms. The zero-order chi connectivity index (χ0) is 15.0. The molecule has 0 saturated heterocycles. The second kappa shape index (κ2) is 8.32. The van der Waals surface area contributed by atoms with Gasteiger partial charge in [-0.25, -0.2) is 9.97 Å². The minimum absolute atomic E-state index is 0.344. The minimum Gasteiger partial charge on any atom is -0.367 e. The number of hydrogen-bond donors (Lipinski definition) is 1. The maximum atomic E-state index is 5.97. The highest BCUT2D eigenvalue weighted by Crippen LogP contribution is 2.30. The summed E-state index contributed by atoms with van der Waals surface area (Å²) in [5.74, 6) is 1.46. The van der Waals surface area contributed by atoms with Crippen LogP contribution in [-0.4, -0.2) is 23.1 Å². The van der Waals surface area contributed by atoms with E-state index < -0.39 is 0 Å². The van der Waals surface area contributed by atoms with Crippen LogP contribution in [0.1, 0.15) is 59.0 Å². The van der Waals surface area contributed by atoms with Gasteiger partial charge in [-0.1, -0.05) is 27.7 Å². The van der Waals surface area contributed by atoms with Gasteiger partial charge in [-0.3, -0.25) is 0 Å². The van der Waals surface area contributed by atoms with Crippen molar-refractivity contribution in [3.8, 4) is 0 Å². The number of aromatic nitrogens is 2. The third-order valence-corrected chi connectivity index (χ3v) is 3.54. The van der Waals surface area contributed by atoms with Crippen molar-refractivity contribution in [2.45, 2.75) is 59.6 Å². The second-order valence-corrected chi connectivity index (χ2v) is 5.53. The number of ether oxygens (including phenoxy) is 1. The van der Waals surface area contributed by atoms with Gasteiger partial charge in [0.1, 0.15) is 5.60 Å². The van der Waals surface area contributed by atoms with Crippen molar-refractivity contribution < 1.29 is 4.74 Å². The molecule has 1 rings (SSSR count). The summed E-state index contributed by atoms with van der Waals surface area (Å²) >= 11 is 0. The fraction of sp³-hybridized carbons (Fsp3) is 0.750. The summed E-state index contributed by atoms with van der Waals surface area (Å²) in [6.45, 7) is 13.1. The topological polar surface area (TPSA) is 47.0 Å². The molecule has 1 heterocycles. The fourth-order valence-electron chi connectivity index (χ4n) is 2.31. The summed E-state index contributed by atoms with van der Waals surface area (Å²) in [5, 5.41) is 3.42. The summed E-state index contributed by atoms with van der Waals surface area (Å²) in [4.78, 5) is 9.16. The van der Waals surface area contributed by atoms with E-state index in [4.69, 9.17) is 9.72 Å². The molecule has 0 aliphatic heterocycles. The van der Waals surface area contributed by atoms with Crippen molar-refractivity contribution in [3.63, 3.8) is 0 Å². The van der Waals surface area contributed by atoms with E-state index in [-0.39, 0.29) is 5.60 Å². The first kappa shape index (κ1) is 17.1. The van der Waals surface area contributed by atoms with E-state index in [2.05, 4.69) is 38.0 Å². The molecule has 4 nitrogen and oxygen atoms in total. The molecule has 1 aromatic rings.